The quantitative estimate of drug-likeness (QED) is 0.699. The molecule has 2 aromatic heterocycles. The van der Waals surface area contributed by atoms with Gasteiger partial charge in [-0.05, 0) is 25.0 Å². The zero-order valence-corrected chi connectivity index (χ0v) is 16.6. The molecule has 0 aliphatic carbocycles. The standard InChI is InChI=1S/C16H16FN3O3S.C2HF3O2/c17-10-3-1-5-18-15(10)23-13-7-20(12-4-2-6-22-14(12)13)16(21)11-8-24-9-19-11;3-2(4,5)1(6)7/h1,3,5,8-9,12-14H,2,4,6-7H2;(H,6,7)/t12-,13-,14+;/m1./s1. The average Bonchev–Trinajstić information content (AvgIpc) is 3.38. The molecular formula is C18H17F4N3O5S. The maximum atomic E-state index is 13.8. The molecule has 0 aromatic carbocycles. The Balaban J connectivity index is 0.000000339. The first kappa shape index (κ1) is 22.9. The monoisotopic (exact) mass is 463 g/mol. The summed E-state index contributed by atoms with van der Waals surface area (Å²) < 4.78 is 57.2. The number of nitrogens with zero attached hydrogens (tertiary/aromatic N) is 3. The Morgan fingerprint density at radius 2 is 2.06 bits per heavy atom. The molecule has 3 atom stereocenters. The van der Waals surface area contributed by atoms with Crippen molar-refractivity contribution in [3.05, 3.63) is 40.7 Å². The van der Waals surface area contributed by atoms with Gasteiger partial charge < -0.3 is 19.5 Å². The highest BCUT2D eigenvalue weighted by Gasteiger charge is 2.48. The molecule has 168 valence electrons. The van der Waals surface area contributed by atoms with Crippen LogP contribution >= 0.6 is 11.3 Å². The van der Waals surface area contributed by atoms with Crippen molar-refractivity contribution in [3.8, 4) is 5.88 Å². The number of halogens is 4. The molecule has 13 heteroatoms. The minimum absolute atomic E-state index is 0.0571. The van der Waals surface area contributed by atoms with E-state index in [0.717, 1.165) is 12.8 Å². The molecule has 4 rings (SSSR count). The van der Waals surface area contributed by atoms with E-state index >= 15 is 0 Å². The van der Waals surface area contributed by atoms with Crippen LogP contribution in [0.4, 0.5) is 17.6 Å². The Bertz CT molecular complexity index is 912. The minimum Gasteiger partial charge on any atom is -0.475 e. The molecule has 1 amide bonds. The van der Waals surface area contributed by atoms with E-state index < -0.39 is 24.1 Å². The lowest BCUT2D eigenvalue weighted by Gasteiger charge is -2.31. The Kier molecular flexibility index (Phi) is 7.05. The molecule has 8 nitrogen and oxygen atoms in total. The molecule has 2 fully saturated rings. The molecule has 4 heterocycles. The number of alkyl halides is 3. The van der Waals surface area contributed by atoms with Crippen LogP contribution in [0, 0.1) is 5.82 Å². The minimum atomic E-state index is -5.08. The van der Waals surface area contributed by atoms with Gasteiger partial charge in [0.25, 0.3) is 11.8 Å². The van der Waals surface area contributed by atoms with Crippen molar-refractivity contribution in [3.63, 3.8) is 0 Å². The van der Waals surface area contributed by atoms with E-state index in [2.05, 4.69) is 9.97 Å². The predicted molar refractivity (Wildman–Crippen MR) is 98.2 cm³/mol. The van der Waals surface area contributed by atoms with Gasteiger partial charge in [0.15, 0.2) is 5.82 Å². The molecule has 0 unspecified atom stereocenters. The number of thiazole rings is 1. The van der Waals surface area contributed by atoms with Gasteiger partial charge in [0, 0.05) is 18.2 Å². The van der Waals surface area contributed by atoms with E-state index in [9.17, 15) is 22.4 Å². The lowest BCUT2D eigenvalue weighted by Crippen LogP contribution is -2.44. The normalized spacial score (nSPS) is 22.8. The first-order valence-electron chi connectivity index (χ1n) is 9.06. The molecule has 2 aliphatic rings. The molecule has 2 saturated heterocycles. The van der Waals surface area contributed by atoms with E-state index in [1.54, 1.807) is 15.8 Å². The van der Waals surface area contributed by atoms with Crippen LogP contribution in [0.5, 0.6) is 5.88 Å². The highest BCUT2D eigenvalue weighted by atomic mass is 32.1. The number of fused-ring (bicyclic) bond motifs is 1. The number of ether oxygens (including phenoxy) is 2. The molecule has 1 N–H and O–H groups in total. The van der Waals surface area contributed by atoms with Crippen molar-refractivity contribution in [2.24, 2.45) is 0 Å². The molecule has 2 aromatic rings. The predicted octanol–water partition coefficient (Wildman–Crippen LogP) is 2.76. The fourth-order valence-corrected chi connectivity index (χ4v) is 3.84. The topological polar surface area (TPSA) is 102 Å². The molecule has 0 radical (unpaired) electrons. The van der Waals surface area contributed by atoms with Gasteiger partial charge in [-0.25, -0.2) is 19.2 Å². The first-order chi connectivity index (χ1) is 14.7. The van der Waals surface area contributed by atoms with E-state index in [1.807, 2.05) is 0 Å². The Morgan fingerprint density at radius 1 is 1.32 bits per heavy atom. The van der Waals surface area contributed by atoms with Crippen LogP contribution in [0.2, 0.25) is 0 Å². The molecule has 2 aliphatic heterocycles. The summed E-state index contributed by atoms with van der Waals surface area (Å²) in [5.74, 6) is -3.47. The summed E-state index contributed by atoms with van der Waals surface area (Å²) in [5, 5.41) is 8.85. The van der Waals surface area contributed by atoms with Crippen LogP contribution in [-0.4, -0.2) is 69.4 Å². The fourth-order valence-electron chi connectivity index (χ4n) is 3.31. The summed E-state index contributed by atoms with van der Waals surface area (Å²) in [6.07, 6.45) is -2.60. The fraction of sp³-hybridized carbons (Fsp3) is 0.444. The molecule has 31 heavy (non-hydrogen) atoms. The van der Waals surface area contributed by atoms with E-state index in [1.165, 1.54) is 29.7 Å². The Hall–Kier alpha value is -2.80. The number of hydrogen-bond donors (Lipinski definition) is 1. The molecule has 0 saturated carbocycles. The number of carboxylic acids is 1. The zero-order chi connectivity index (χ0) is 22.6. The van der Waals surface area contributed by atoms with E-state index in [4.69, 9.17) is 19.4 Å². The van der Waals surface area contributed by atoms with Gasteiger partial charge in [0.05, 0.1) is 18.1 Å². The van der Waals surface area contributed by atoms with Gasteiger partial charge in [-0.1, -0.05) is 0 Å². The van der Waals surface area contributed by atoms with Gasteiger partial charge in [-0.15, -0.1) is 11.3 Å². The second kappa shape index (κ2) is 9.56. The van der Waals surface area contributed by atoms with Gasteiger partial charge >= 0.3 is 12.1 Å². The number of rotatable bonds is 3. The SMILES string of the molecule is O=C(O)C(F)(F)F.O=C(c1cscn1)N1C[C@@H](Oc2ncccc2F)[C@H]2OCCC[C@H]21. The van der Waals surface area contributed by atoms with Gasteiger partial charge in [-0.3, -0.25) is 4.79 Å². The van der Waals surface area contributed by atoms with Crippen molar-refractivity contribution in [1.82, 2.24) is 14.9 Å². The molecule has 0 bridgehead atoms. The number of pyridine rings is 1. The number of carbonyl (C=O) groups excluding carboxylic acids is 1. The number of carbonyl (C=O) groups is 2. The smallest absolute Gasteiger partial charge is 0.475 e. The number of aliphatic carboxylic acids is 1. The number of likely N-dealkylation sites (tertiary alicyclic amines) is 1. The van der Waals surface area contributed by atoms with Crippen LogP contribution in [0.15, 0.2) is 29.2 Å². The highest BCUT2D eigenvalue weighted by molar-refractivity contribution is 7.07. The summed E-state index contributed by atoms with van der Waals surface area (Å²) >= 11 is 1.38. The highest BCUT2D eigenvalue weighted by Crippen LogP contribution is 2.32. The molecular weight excluding hydrogens is 446 g/mol. The Morgan fingerprint density at radius 3 is 2.68 bits per heavy atom. The average molecular weight is 463 g/mol. The van der Waals surface area contributed by atoms with Gasteiger partial charge in [0.2, 0.25) is 0 Å². The lowest BCUT2D eigenvalue weighted by molar-refractivity contribution is -0.192. The number of aromatic nitrogens is 2. The third-order valence-electron chi connectivity index (χ3n) is 4.62. The number of amides is 1. The molecule has 0 spiro atoms. The van der Waals surface area contributed by atoms with Gasteiger partial charge in [-0.2, -0.15) is 13.2 Å². The summed E-state index contributed by atoms with van der Waals surface area (Å²) in [4.78, 5) is 31.4. The van der Waals surface area contributed by atoms with Crippen LogP contribution in [-0.2, 0) is 9.53 Å². The first-order valence-corrected chi connectivity index (χ1v) is 10.0. The number of hydrogen-bond acceptors (Lipinski definition) is 7. The van der Waals surface area contributed by atoms with Gasteiger partial charge in [0.1, 0.15) is 17.9 Å². The Labute approximate surface area is 177 Å². The maximum Gasteiger partial charge on any atom is 0.490 e. The third kappa shape index (κ3) is 5.47. The van der Waals surface area contributed by atoms with Crippen molar-refractivity contribution in [1.29, 1.82) is 0 Å². The summed E-state index contributed by atoms with van der Waals surface area (Å²) in [7, 11) is 0. The van der Waals surface area contributed by atoms with Crippen LogP contribution in [0.1, 0.15) is 23.3 Å². The van der Waals surface area contributed by atoms with Crippen molar-refractivity contribution in [2.75, 3.05) is 13.2 Å². The summed E-state index contributed by atoms with van der Waals surface area (Å²) in [6.45, 7) is 0.951. The summed E-state index contributed by atoms with van der Waals surface area (Å²) in [5.41, 5.74) is 2.06. The van der Waals surface area contributed by atoms with Crippen molar-refractivity contribution in [2.45, 2.75) is 37.3 Å². The van der Waals surface area contributed by atoms with Crippen LogP contribution in [0.3, 0.4) is 0 Å². The second-order valence-electron chi connectivity index (χ2n) is 6.63. The largest absolute Gasteiger partial charge is 0.490 e. The second-order valence-corrected chi connectivity index (χ2v) is 7.34. The van der Waals surface area contributed by atoms with Crippen LogP contribution in [0.25, 0.3) is 0 Å². The van der Waals surface area contributed by atoms with Crippen LogP contribution < -0.4 is 4.74 Å². The number of carboxylic acid groups (broad SMARTS) is 1. The van der Waals surface area contributed by atoms with Crippen molar-refractivity contribution >= 4 is 23.2 Å². The van der Waals surface area contributed by atoms with E-state index in [-0.39, 0.29) is 23.9 Å². The van der Waals surface area contributed by atoms with Crippen molar-refractivity contribution < 1.29 is 41.7 Å². The third-order valence-corrected chi connectivity index (χ3v) is 5.21. The summed E-state index contributed by atoms with van der Waals surface area (Å²) in [6, 6.07) is 2.73. The zero-order valence-electron chi connectivity index (χ0n) is 15.8. The van der Waals surface area contributed by atoms with E-state index in [0.29, 0.717) is 18.8 Å². The lowest BCUT2D eigenvalue weighted by atomic mass is 10.0. The maximum absolute atomic E-state index is 13.8.